The maximum atomic E-state index is 10.9. The fraction of sp³-hybridized carbons (Fsp3) is 0.400. The third-order valence-corrected chi connectivity index (χ3v) is 5.15. The molecular weight excluding hydrogens is 431 g/mol. The van der Waals surface area contributed by atoms with Gasteiger partial charge in [0.2, 0.25) is 0 Å². The molecule has 0 saturated heterocycles. The largest absolute Gasteiger partial charge is 0.308 e. The van der Waals surface area contributed by atoms with E-state index < -0.39 is 0 Å². The molecule has 1 aliphatic carbocycles. The fourth-order valence-electron chi connectivity index (χ4n) is 3.68. The van der Waals surface area contributed by atoms with Crippen LogP contribution < -0.4 is 10.6 Å². The molecule has 3 rings (SSSR count). The molecular formula is C20H26Cl2N4O4. The number of nitro groups is 2. The maximum absolute atomic E-state index is 10.9. The molecule has 10 heteroatoms. The van der Waals surface area contributed by atoms with Crippen molar-refractivity contribution in [1.82, 2.24) is 10.6 Å². The van der Waals surface area contributed by atoms with Crippen LogP contribution in [0.1, 0.15) is 36.8 Å². The van der Waals surface area contributed by atoms with E-state index >= 15 is 0 Å². The zero-order valence-corrected chi connectivity index (χ0v) is 18.0. The molecule has 0 aliphatic heterocycles. The minimum atomic E-state index is -0.381. The first-order valence-electron chi connectivity index (χ1n) is 9.46. The Kier molecular flexibility index (Phi) is 10.7. The fourth-order valence-corrected chi connectivity index (χ4v) is 3.68. The van der Waals surface area contributed by atoms with Crippen molar-refractivity contribution in [2.75, 3.05) is 0 Å². The van der Waals surface area contributed by atoms with Gasteiger partial charge in [-0.2, -0.15) is 0 Å². The molecule has 2 N–H and O–H groups in total. The molecule has 0 aromatic heterocycles. The van der Waals surface area contributed by atoms with Gasteiger partial charge >= 0.3 is 0 Å². The van der Waals surface area contributed by atoms with Crippen molar-refractivity contribution >= 4 is 36.2 Å². The zero-order chi connectivity index (χ0) is 19.9. The molecule has 1 aliphatic rings. The van der Waals surface area contributed by atoms with Gasteiger partial charge in [0.15, 0.2) is 0 Å². The number of halogens is 2. The van der Waals surface area contributed by atoms with E-state index in [0.717, 1.165) is 36.8 Å². The Morgan fingerprint density at radius 1 is 0.767 bits per heavy atom. The Balaban J connectivity index is 0.00000225. The molecule has 2 aromatic rings. The highest BCUT2D eigenvalue weighted by Gasteiger charge is 2.24. The van der Waals surface area contributed by atoms with Gasteiger partial charge in [0, 0.05) is 49.4 Å². The molecule has 0 bridgehead atoms. The number of nitro benzene ring substituents is 2. The smallest absolute Gasteiger partial charge is 0.269 e. The summed E-state index contributed by atoms with van der Waals surface area (Å²) in [6.07, 6.45) is 4.34. The van der Waals surface area contributed by atoms with Crippen LogP contribution in [0.25, 0.3) is 0 Å². The highest BCUT2D eigenvalue weighted by Crippen LogP contribution is 2.21. The number of hydrogen-bond acceptors (Lipinski definition) is 6. The molecule has 2 aromatic carbocycles. The van der Waals surface area contributed by atoms with Crippen molar-refractivity contribution in [3.63, 3.8) is 0 Å². The van der Waals surface area contributed by atoms with Crippen molar-refractivity contribution in [2.24, 2.45) is 0 Å². The van der Waals surface area contributed by atoms with Gasteiger partial charge in [-0.3, -0.25) is 20.2 Å². The predicted molar refractivity (Wildman–Crippen MR) is 120 cm³/mol. The van der Waals surface area contributed by atoms with Gasteiger partial charge in [0.25, 0.3) is 11.4 Å². The lowest BCUT2D eigenvalue weighted by molar-refractivity contribution is -0.385. The Morgan fingerprint density at radius 3 is 1.53 bits per heavy atom. The monoisotopic (exact) mass is 456 g/mol. The van der Waals surface area contributed by atoms with Crippen LogP contribution in [-0.4, -0.2) is 21.9 Å². The van der Waals surface area contributed by atoms with Crippen molar-refractivity contribution in [3.05, 3.63) is 79.9 Å². The molecule has 0 spiro atoms. The summed E-state index contributed by atoms with van der Waals surface area (Å²) in [5, 5.41) is 28.9. The lowest BCUT2D eigenvalue weighted by Crippen LogP contribution is -2.49. The first-order valence-corrected chi connectivity index (χ1v) is 9.46. The predicted octanol–water partition coefficient (Wildman–Crippen LogP) is 4.54. The standard InChI is InChI=1S/C20H24N4O4.2ClH/c25-23(26)17-7-3-5-15(11-17)13-21-19-9-1-2-10-20(19)22-14-16-6-4-8-18(12-16)24(27)28;;/h3-8,11-12,19-22H,1-2,9-10,13-14H2;2*1H. The van der Waals surface area contributed by atoms with Crippen molar-refractivity contribution in [3.8, 4) is 0 Å². The number of nitrogens with zero attached hydrogens (tertiary/aromatic N) is 2. The SMILES string of the molecule is Cl.Cl.O=[N+]([O-])c1cccc(CNC2CCCCC2NCc2cccc([N+](=O)[O-])c2)c1. The van der Waals surface area contributed by atoms with Crippen LogP contribution in [0, 0.1) is 20.2 Å². The second kappa shape index (κ2) is 12.4. The van der Waals surface area contributed by atoms with E-state index in [1.165, 1.54) is 12.1 Å². The zero-order valence-electron chi connectivity index (χ0n) is 16.4. The number of rotatable bonds is 8. The van der Waals surface area contributed by atoms with Crippen LogP contribution in [0.3, 0.4) is 0 Å². The minimum Gasteiger partial charge on any atom is -0.308 e. The van der Waals surface area contributed by atoms with Crippen molar-refractivity contribution < 1.29 is 9.85 Å². The van der Waals surface area contributed by atoms with E-state index in [4.69, 9.17) is 0 Å². The van der Waals surface area contributed by atoms with Gasteiger partial charge in [0.05, 0.1) is 9.85 Å². The quantitative estimate of drug-likeness (QED) is 0.445. The summed E-state index contributed by atoms with van der Waals surface area (Å²) in [6.45, 7) is 1.14. The van der Waals surface area contributed by atoms with E-state index in [9.17, 15) is 20.2 Å². The molecule has 1 saturated carbocycles. The van der Waals surface area contributed by atoms with Crippen LogP contribution in [0.2, 0.25) is 0 Å². The highest BCUT2D eigenvalue weighted by molar-refractivity contribution is 5.85. The molecule has 8 nitrogen and oxygen atoms in total. The van der Waals surface area contributed by atoms with Gasteiger partial charge in [-0.05, 0) is 24.0 Å². The average molecular weight is 457 g/mol. The Labute approximate surface area is 187 Å². The Hall–Kier alpha value is -2.26. The van der Waals surface area contributed by atoms with Crippen LogP contribution in [0.15, 0.2) is 48.5 Å². The minimum absolute atomic E-state index is 0. The first kappa shape index (κ1) is 25.8. The number of non-ortho nitro benzene ring substituents is 2. The molecule has 1 fully saturated rings. The van der Waals surface area contributed by atoms with Crippen LogP contribution in [-0.2, 0) is 13.1 Å². The van der Waals surface area contributed by atoms with Crippen molar-refractivity contribution in [1.29, 1.82) is 0 Å². The summed E-state index contributed by atoms with van der Waals surface area (Å²) in [6, 6.07) is 13.9. The lowest BCUT2D eigenvalue weighted by atomic mass is 9.90. The third kappa shape index (κ3) is 7.21. The van der Waals surface area contributed by atoms with Gasteiger partial charge in [-0.25, -0.2) is 0 Å². The van der Waals surface area contributed by atoms with E-state index in [2.05, 4.69) is 10.6 Å². The summed E-state index contributed by atoms with van der Waals surface area (Å²) >= 11 is 0. The molecule has 0 amide bonds. The number of benzene rings is 2. The second-order valence-electron chi connectivity index (χ2n) is 7.11. The first-order chi connectivity index (χ1) is 13.5. The topological polar surface area (TPSA) is 110 Å². The van der Waals surface area contributed by atoms with E-state index in [1.54, 1.807) is 24.3 Å². The lowest BCUT2D eigenvalue weighted by Gasteiger charge is -2.33. The van der Waals surface area contributed by atoms with Gasteiger partial charge in [0.1, 0.15) is 0 Å². The molecule has 0 radical (unpaired) electrons. The Morgan fingerprint density at radius 2 is 1.17 bits per heavy atom. The average Bonchev–Trinajstić information content (AvgIpc) is 2.71. The molecule has 2 unspecified atom stereocenters. The van der Waals surface area contributed by atoms with Crippen LogP contribution in [0.5, 0.6) is 0 Å². The summed E-state index contributed by atoms with van der Waals surface area (Å²) in [7, 11) is 0. The van der Waals surface area contributed by atoms with Crippen LogP contribution >= 0.6 is 24.8 Å². The van der Waals surface area contributed by atoms with E-state index in [1.807, 2.05) is 12.1 Å². The van der Waals surface area contributed by atoms with Gasteiger partial charge in [-0.15, -0.1) is 24.8 Å². The molecule has 164 valence electrons. The van der Waals surface area contributed by atoms with Crippen molar-refractivity contribution in [2.45, 2.75) is 50.9 Å². The van der Waals surface area contributed by atoms with Gasteiger partial charge < -0.3 is 10.6 Å². The highest BCUT2D eigenvalue weighted by atomic mass is 35.5. The summed E-state index contributed by atoms with van der Waals surface area (Å²) in [4.78, 5) is 21.1. The van der Waals surface area contributed by atoms with E-state index in [0.29, 0.717) is 13.1 Å². The molecule has 30 heavy (non-hydrogen) atoms. The maximum Gasteiger partial charge on any atom is 0.269 e. The summed E-state index contributed by atoms with van der Waals surface area (Å²) in [5.41, 5.74) is 1.97. The van der Waals surface area contributed by atoms with Gasteiger partial charge in [-0.1, -0.05) is 37.1 Å². The normalized spacial score (nSPS) is 18.0. The summed E-state index contributed by atoms with van der Waals surface area (Å²) < 4.78 is 0. The number of hydrogen-bond donors (Lipinski definition) is 2. The third-order valence-electron chi connectivity index (χ3n) is 5.15. The summed E-state index contributed by atoms with van der Waals surface area (Å²) in [5.74, 6) is 0. The molecule has 2 atom stereocenters. The second-order valence-corrected chi connectivity index (χ2v) is 7.11. The molecule has 0 heterocycles. The number of nitrogens with one attached hydrogen (secondary N) is 2. The Bertz CT molecular complexity index is 784. The van der Waals surface area contributed by atoms with E-state index in [-0.39, 0.29) is 58.1 Å². The van der Waals surface area contributed by atoms with Crippen LogP contribution in [0.4, 0.5) is 11.4 Å².